The Bertz CT molecular complexity index is 480. The monoisotopic (exact) mass is 250 g/mol. The van der Waals surface area contributed by atoms with E-state index in [0.29, 0.717) is 16.9 Å². The van der Waals surface area contributed by atoms with Crippen molar-refractivity contribution in [2.24, 2.45) is 0 Å². The van der Waals surface area contributed by atoms with Gasteiger partial charge in [0.1, 0.15) is 11.6 Å². The minimum absolute atomic E-state index is 0.0383. The maximum atomic E-state index is 8.92. The molecule has 1 N–H and O–H groups in total. The van der Waals surface area contributed by atoms with Crippen LogP contribution in [0.3, 0.4) is 0 Å². The predicted octanol–water partition coefficient (Wildman–Crippen LogP) is 2.95. The molecule has 0 atom stereocenters. The number of hydrogen-bond donors (Lipinski definition) is 1. The Morgan fingerprint density at radius 1 is 1.29 bits per heavy atom. The molecule has 5 heteroatoms. The number of benzene rings is 1. The van der Waals surface area contributed by atoms with Gasteiger partial charge in [0.25, 0.3) is 5.19 Å². The summed E-state index contributed by atoms with van der Waals surface area (Å²) in [6.07, 6.45) is 0. The Kier molecular flexibility index (Phi) is 3.71. The second kappa shape index (κ2) is 5.25. The van der Waals surface area contributed by atoms with E-state index in [1.165, 1.54) is 11.5 Å². The molecule has 1 heterocycles. The van der Waals surface area contributed by atoms with Gasteiger partial charge in [0.15, 0.2) is 0 Å². The van der Waals surface area contributed by atoms with Crippen molar-refractivity contribution >= 4 is 11.5 Å². The van der Waals surface area contributed by atoms with E-state index in [9.17, 15) is 0 Å². The summed E-state index contributed by atoms with van der Waals surface area (Å²) < 4.78 is 9.78. The summed E-state index contributed by atoms with van der Waals surface area (Å²) in [7, 11) is 0. The van der Waals surface area contributed by atoms with E-state index >= 15 is 0 Å². The van der Waals surface area contributed by atoms with Gasteiger partial charge in [-0.2, -0.15) is 9.36 Å². The minimum Gasteiger partial charge on any atom is -0.430 e. The number of aromatic nitrogens is 2. The van der Waals surface area contributed by atoms with Crippen molar-refractivity contribution in [3.63, 3.8) is 0 Å². The molecule has 0 spiro atoms. The van der Waals surface area contributed by atoms with Crippen molar-refractivity contribution in [1.29, 1.82) is 0 Å². The van der Waals surface area contributed by atoms with Gasteiger partial charge in [0, 0.05) is 17.5 Å². The Balaban J connectivity index is 2.08. The van der Waals surface area contributed by atoms with Gasteiger partial charge in [-0.05, 0) is 17.7 Å². The molecule has 0 bridgehead atoms. The zero-order valence-corrected chi connectivity index (χ0v) is 10.6. The molecule has 1 aromatic carbocycles. The summed E-state index contributed by atoms with van der Waals surface area (Å²) in [5.74, 6) is 1.81. The Hall–Kier alpha value is -1.46. The van der Waals surface area contributed by atoms with Crippen LogP contribution in [0.25, 0.3) is 0 Å². The van der Waals surface area contributed by atoms with E-state index in [-0.39, 0.29) is 6.61 Å². The molecule has 90 valence electrons. The molecule has 0 unspecified atom stereocenters. The van der Waals surface area contributed by atoms with Gasteiger partial charge in [-0.1, -0.05) is 26.0 Å². The molecule has 0 saturated carbocycles. The Morgan fingerprint density at radius 2 is 2.00 bits per heavy atom. The van der Waals surface area contributed by atoms with E-state index in [4.69, 9.17) is 9.84 Å². The highest BCUT2D eigenvalue weighted by Gasteiger charge is 2.09. The summed E-state index contributed by atoms with van der Waals surface area (Å²) >= 11 is 1.25. The first-order chi connectivity index (χ1) is 8.19. The number of aliphatic hydroxyl groups is 1. The molecule has 0 saturated heterocycles. The van der Waals surface area contributed by atoms with Crippen molar-refractivity contribution in [2.75, 3.05) is 0 Å². The third-order valence-corrected chi connectivity index (χ3v) is 2.86. The van der Waals surface area contributed by atoms with Gasteiger partial charge < -0.3 is 9.84 Å². The van der Waals surface area contributed by atoms with Crippen LogP contribution in [0.5, 0.6) is 10.9 Å². The summed E-state index contributed by atoms with van der Waals surface area (Å²) in [6.45, 7) is 4.13. The standard InChI is InChI=1S/C12H14N2O2S/c1-8(2)11-13-12(17-14-11)16-10-5-3-9(7-15)4-6-10/h3-6,8,15H,7H2,1-2H3. The molecule has 2 aromatic rings. The SMILES string of the molecule is CC(C)c1nsc(Oc2ccc(CO)cc2)n1. The molecular formula is C12H14N2O2S. The molecule has 4 nitrogen and oxygen atoms in total. The van der Waals surface area contributed by atoms with Crippen molar-refractivity contribution in [2.45, 2.75) is 26.4 Å². The van der Waals surface area contributed by atoms with Crippen LogP contribution in [0.4, 0.5) is 0 Å². The normalized spacial score (nSPS) is 10.8. The number of nitrogens with zero attached hydrogens (tertiary/aromatic N) is 2. The van der Waals surface area contributed by atoms with Crippen molar-refractivity contribution in [3.8, 4) is 10.9 Å². The third-order valence-electron chi connectivity index (χ3n) is 2.25. The molecule has 17 heavy (non-hydrogen) atoms. The van der Waals surface area contributed by atoms with Crippen LogP contribution in [0.2, 0.25) is 0 Å². The topological polar surface area (TPSA) is 55.2 Å². The summed E-state index contributed by atoms with van der Waals surface area (Å²) in [5, 5.41) is 9.47. The van der Waals surface area contributed by atoms with Crippen molar-refractivity contribution in [3.05, 3.63) is 35.7 Å². The fourth-order valence-electron chi connectivity index (χ4n) is 1.26. The summed E-state index contributed by atoms with van der Waals surface area (Å²) in [6, 6.07) is 7.25. The van der Waals surface area contributed by atoms with Crippen LogP contribution < -0.4 is 4.74 Å². The minimum atomic E-state index is 0.0383. The maximum Gasteiger partial charge on any atom is 0.298 e. The van der Waals surface area contributed by atoms with Gasteiger partial charge in [-0.15, -0.1) is 0 Å². The van der Waals surface area contributed by atoms with Crippen LogP contribution >= 0.6 is 11.5 Å². The number of aliphatic hydroxyl groups excluding tert-OH is 1. The van der Waals surface area contributed by atoms with Crippen LogP contribution in [-0.4, -0.2) is 14.5 Å². The fourth-order valence-corrected chi connectivity index (χ4v) is 1.95. The molecule has 2 rings (SSSR count). The zero-order chi connectivity index (χ0) is 12.3. The van der Waals surface area contributed by atoms with E-state index < -0.39 is 0 Å². The lowest BCUT2D eigenvalue weighted by Gasteiger charge is -2.01. The van der Waals surface area contributed by atoms with Gasteiger partial charge in [-0.25, -0.2) is 0 Å². The second-order valence-corrected chi connectivity index (χ2v) is 4.69. The number of hydrogen-bond acceptors (Lipinski definition) is 5. The van der Waals surface area contributed by atoms with Gasteiger partial charge >= 0.3 is 0 Å². The first-order valence-corrected chi connectivity index (χ1v) is 6.17. The molecule has 0 amide bonds. The lowest BCUT2D eigenvalue weighted by atomic mass is 10.2. The summed E-state index contributed by atoms with van der Waals surface area (Å²) in [5.41, 5.74) is 0.859. The lowest BCUT2D eigenvalue weighted by Crippen LogP contribution is -1.90. The number of ether oxygens (including phenoxy) is 1. The van der Waals surface area contributed by atoms with E-state index in [0.717, 1.165) is 11.4 Å². The smallest absolute Gasteiger partial charge is 0.298 e. The lowest BCUT2D eigenvalue weighted by molar-refractivity contribution is 0.281. The molecule has 0 aliphatic heterocycles. The first-order valence-electron chi connectivity index (χ1n) is 5.40. The maximum absolute atomic E-state index is 8.92. The quantitative estimate of drug-likeness (QED) is 0.906. The fraction of sp³-hybridized carbons (Fsp3) is 0.333. The Labute approximate surface area is 104 Å². The van der Waals surface area contributed by atoms with Crippen molar-refractivity contribution in [1.82, 2.24) is 9.36 Å². The molecular weight excluding hydrogens is 236 g/mol. The molecule has 0 fully saturated rings. The summed E-state index contributed by atoms with van der Waals surface area (Å²) in [4.78, 5) is 4.28. The largest absolute Gasteiger partial charge is 0.430 e. The van der Waals surface area contributed by atoms with E-state index in [1.54, 1.807) is 0 Å². The predicted molar refractivity (Wildman–Crippen MR) is 66.4 cm³/mol. The van der Waals surface area contributed by atoms with Crippen molar-refractivity contribution < 1.29 is 9.84 Å². The molecule has 0 aliphatic carbocycles. The first kappa shape index (κ1) is 12.0. The van der Waals surface area contributed by atoms with E-state index in [2.05, 4.69) is 9.36 Å². The highest BCUT2D eigenvalue weighted by Crippen LogP contribution is 2.25. The Morgan fingerprint density at radius 3 is 2.53 bits per heavy atom. The third kappa shape index (κ3) is 3.01. The highest BCUT2D eigenvalue weighted by atomic mass is 32.1. The molecule has 0 aliphatic rings. The van der Waals surface area contributed by atoms with Crippen LogP contribution in [0, 0.1) is 0 Å². The van der Waals surface area contributed by atoms with Gasteiger partial charge in [0.2, 0.25) is 0 Å². The molecule has 1 aromatic heterocycles. The van der Waals surface area contributed by atoms with Gasteiger partial charge in [0.05, 0.1) is 6.61 Å². The van der Waals surface area contributed by atoms with E-state index in [1.807, 2.05) is 38.1 Å². The zero-order valence-electron chi connectivity index (χ0n) is 9.75. The average Bonchev–Trinajstić information content (AvgIpc) is 2.79. The highest BCUT2D eigenvalue weighted by molar-refractivity contribution is 7.07. The van der Waals surface area contributed by atoms with Crippen LogP contribution in [-0.2, 0) is 6.61 Å². The van der Waals surface area contributed by atoms with Crippen LogP contribution in [0.1, 0.15) is 31.2 Å². The average molecular weight is 250 g/mol. The molecule has 0 radical (unpaired) electrons. The van der Waals surface area contributed by atoms with Crippen LogP contribution in [0.15, 0.2) is 24.3 Å². The van der Waals surface area contributed by atoms with Gasteiger partial charge in [-0.3, -0.25) is 0 Å². The number of rotatable bonds is 4. The second-order valence-electron chi connectivity index (χ2n) is 3.98.